The molecule has 0 aliphatic heterocycles. The number of ether oxygens (including phenoxy) is 1. The molecular weight excluding hydrogens is 226 g/mol. The monoisotopic (exact) mass is 245 g/mol. The van der Waals surface area contributed by atoms with Crippen molar-refractivity contribution < 1.29 is 4.74 Å². The van der Waals surface area contributed by atoms with Gasteiger partial charge < -0.3 is 15.0 Å². The van der Waals surface area contributed by atoms with E-state index < -0.39 is 0 Å². The van der Waals surface area contributed by atoms with Gasteiger partial charge in [-0.2, -0.15) is 0 Å². The lowest BCUT2D eigenvalue weighted by Gasteiger charge is -2.14. The third kappa shape index (κ3) is 2.32. The number of nitrogen functional groups attached to an aromatic ring is 1. The summed E-state index contributed by atoms with van der Waals surface area (Å²) >= 11 is 0. The standard InChI is InChI=1S/C14H19N3O/c1-9(2)18-14-7-12(5-6-13(14)15)17-8-16-10(3)11(17)4/h5-9H,15H2,1-4H3. The van der Waals surface area contributed by atoms with Crippen molar-refractivity contribution >= 4 is 5.69 Å². The van der Waals surface area contributed by atoms with Crippen molar-refractivity contribution in [3.05, 3.63) is 35.9 Å². The number of benzene rings is 1. The van der Waals surface area contributed by atoms with E-state index in [2.05, 4.69) is 4.98 Å². The summed E-state index contributed by atoms with van der Waals surface area (Å²) in [7, 11) is 0. The maximum absolute atomic E-state index is 5.91. The Kier molecular flexibility index (Phi) is 3.28. The highest BCUT2D eigenvalue weighted by atomic mass is 16.5. The first-order valence-corrected chi connectivity index (χ1v) is 6.06. The van der Waals surface area contributed by atoms with Gasteiger partial charge in [0.25, 0.3) is 0 Å². The summed E-state index contributed by atoms with van der Waals surface area (Å²) in [5.41, 5.74) is 9.72. The van der Waals surface area contributed by atoms with Crippen LogP contribution in [0.1, 0.15) is 25.2 Å². The van der Waals surface area contributed by atoms with Gasteiger partial charge in [-0.15, -0.1) is 0 Å². The number of aromatic nitrogens is 2. The molecule has 18 heavy (non-hydrogen) atoms. The minimum atomic E-state index is 0.105. The Labute approximate surface area is 107 Å². The molecule has 0 aliphatic rings. The molecule has 1 heterocycles. The summed E-state index contributed by atoms with van der Waals surface area (Å²) in [4.78, 5) is 4.30. The van der Waals surface area contributed by atoms with Crippen LogP contribution in [0.3, 0.4) is 0 Å². The molecule has 0 amide bonds. The molecule has 2 rings (SSSR count). The topological polar surface area (TPSA) is 53.1 Å². The van der Waals surface area contributed by atoms with Crippen LogP contribution in [-0.4, -0.2) is 15.7 Å². The molecule has 0 saturated heterocycles. The average molecular weight is 245 g/mol. The number of nitrogens with two attached hydrogens (primary N) is 1. The van der Waals surface area contributed by atoms with Crippen LogP contribution >= 0.6 is 0 Å². The van der Waals surface area contributed by atoms with Gasteiger partial charge in [0.1, 0.15) is 5.75 Å². The van der Waals surface area contributed by atoms with Crippen LogP contribution in [0.25, 0.3) is 5.69 Å². The molecule has 0 spiro atoms. The van der Waals surface area contributed by atoms with Crippen LogP contribution in [0.5, 0.6) is 5.75 Å². The number of hydrogen-bond donors (Lipinski definition) is 1. The molecule has 0 fully saturated rings. The van der Waals surface area contributed by atoms with E-state index in [-0.39, 0.29) is 6.10 Å². The van der Waals surface area contributed by atoms with Crippen molar-refractivity contribution in [2.45, 2.75) is 33.8 Å². The molecule has 0 bridgehead atoms. The zero-order valence-corrected chi connectivity index (χ0v) is 11.3. The minimum absolute atomic E-state index is 0.105. The summed E-state index contributed by atoms with van der Waals surface area (Å²) < 4.78 is 7.72. The van der Waals surface area contributed by atoms with Gasteiger partial charge in [-0.05, 0) is 39.8 Å². The molecule has 0 aliphatic carbocycles. The van der Waals surface area contributed by atoms with Crippen molar-refractivity contribution in [2.75, 3.05) is 5.73 Å². The fraction of sp³-hybridized carbons (Fsp3) is 0.357. The van der Waals surface area contributed by atoms with Crippen LogP contribution in [0.15, 0.2) is 24.5 Å². The molecule has 0 radical (unpaired) electrons. The van der Waals surface area contributed by atoms with E-state index in [1.165, 1.54) is 0 Å². The third-order valence-electron chi connectivity index (χ3n) is 2.89. The second-order valence-electron chi connectivity index (χ2n) is 4.67. The highest BCUT2D eigenvalue weighted by molar-refractivity contribution is 5.58. The van der Waals surface area contributed by atoms with Crippen molar-refractivity contribution in [3.8, 4) is 11.4 Å². The molecule has 0 saturated carbocycles. The van der Waals surface area contributed by atoms with E-state index in [1.807, 2.05) is 56.8 Å². The van der Waals surface area contributed by atoms with Crippen LogP contribution in [0, 0.1) is 13.8 Å². The predicted molar refractivity (Wildman–Crippen MR) is 73.2 cm³/mol. The molecule has 4 heteroatoms. The highest BCUT2D eigenvalue weighted by Gasteiger charge is 2.08. The molecule has 0 unspecified atom stereocenters. The average Bonchev–Trinajstić information content (AvgIpc) is 2.63. The van der Waals surface area contributed by atoms with Crippen molar-refractivity contribution in [3.63, 3.8) is 0 Å². The van der Waals surface area contributed by atoms with Crippen LogP contribution < -0.4 is 10.5 Å². The van der Waals surface area contributed by atoms with Crippen molar-refractivity contribution in [2.24, 2.45) is 0 Å². The molecule has 1 aromatic heterocycles. The Hall–Kier alpha value is -1.97. The first kappa shape index (κ1) is 12.5. The number of imidazole rings is 1. The summed E-state index contributed by atoms with van der Waals surface area (Å²) in [6, 6.07) is 5.78. The Morgan fingerprint density at radius 1 is 1.28 bits per heavy atom. The fourth-order valence-corrected chi connectivity index (χ4v) is 1.79. The molecule has 2 aromatic rings. The van der Waals surface area contributed by atoms with Gasteiger partial charge in [0.2, 0.25) is 0 Å². The molecule has 1 aromatic carbocycles. The van der Waals surface area contributed by atoms with Gasteiger partial charge in [0.05, 0.1) is 29.5 Å². The number of nitrogens with zero attached hydrogens (tertiary/aromatic N) is 2. The Morgan fingerprint density at radius 2 is 2.00 bits per heavy atom. The Morgan fingerprint density at radius 3 is 2.56 bits per heavy atom. The summed E-state index contributed by atoms with van der Waals surface area (Å²) in [6.07, 6.45) is 1.92. The van der Waals surface area contributed by atoms with Crippen molar-refractivity contribution in [1.29, 1.82) is 0 Å². The van der Waals surface area contributed by atoms with E-state index in [0.717, 1.165) is 17.1 Å². The Balaban J connectivity index is 2.43. The number of rotatable bonds is 3. The molecule has 2 N–H and O–H groups in total. The molecular formula is C14H19N3O. The first-order valence-electron chi connectivity index (χ1n) is 6.06. The quantitative estimate of drug-likeness (QED) is 0.846. The second kappa shape index (κ2) is 4.72. The third-order valence-corrected chi connectivity index (χ3v) is 2.89. The van der Waals surface area contributed by atoms with Crippen molar-refractivity contribution in [1.82, 2.24) is 9.55 Å². The SMILES string of the molecule is Cc1ncn(-c2ccc(N)c(OC(C)C)c2)c1C. The summed E-state index contributed by atoms with van der Waals surface area (Å²) in [5, 5.41) is 0. The van der Waals surface area contributed by atoms with Gasteiger partial charge in [0, 0.05) is 11.8 Å². The lowest BCUT2D eigenvalue weighted by atomic mass is 10.2. The van der Waals surface area contributed by atoms with E-state index in [0.29, 0.717) is 11.4 Å². The van der Waals surface area contributed by atoms with Crippen LogP contribution in [0.2, 0.25) is 0 Å². The molecule has 0 atom stereocenters. The minimum Gasteiger partial charge on any atom is -0.489 e. The maximum Gasteiger partial charge on any atom is 0.144 e. The van der Waals surface area contributed by atoms with E-state index in [1.54, 1.807) is 0 Å². The van der Waals surface area contributed by atoms with Gasteiger partial charge in [-0.3, -0.25) is 0 Å². The normalized spacial score (nSPS) is 10.9. The van der Waals surface area contributed by atoms with Gasteiger partial charge in [-0.25, -0.2) is 4.98 Å². The van der Waals surface area contributed by atoms with Gasteiger partial charge >= 0.3 is 0 Å². The fourth-order valence-electron chi connectivity index (χ4n) is 1.79. The van der Waals surface area contributed by atoms with Crippen LogP contribution in [-0.2, 0) is 0 Å². The largest absolute Gasteiger partial charge is 0.489 e. The predicted octanol–water partition coefficient (Wildman–Crippen LogP) is 2.86. The smallest absolute Gasteiger partial charge is 0.144 e. The zero-order valence-electron chi connectivity index (χ0n) is 11.3. The van der Waals surface area contributed by atoms with Crippen LogP contribution in [0.4, 0.5) is 5.69 Å². The highest BCUT2D eigenvalue weighted by Crippen LogP contribution is 2.26. The lowest BCUT2D eigenvalue weighted by Crippen LogP contribution is -2.08. The van der Waals surface area contributed by atoms with Gasteiger partial charge in [0.15, 0.2) is 0 Å². The number of aryl methyl sites for hydroxylation is 1. The lowest BCUT2D eigenvalue weighted by molar-refractivity contribution is 0.244. The second-order valence-corrected chi connectivity index (χ2v) is 4.67. The summed E-state index contributed by atoms with van der Waals surface area (Å²) in [5.74, 6) is 0.716. The maximum atomic E-state index is 5.91. The van der Waals surface area contributed by atoms with E-state index >= 15 is 0 Å². The van der Waals surface area contributed by atoms with Gasteiger partial charge in [-0.1, -0.05) is 0 Å². The zero-order chi connectivity index (χ0) is 13.3. The summed E-state index contributed by atoms with van der Waals surface area (Å²) in [6.45, 7) is 8.01. The van der Waals surface area contributed by atoms with E-state index in [9.17, 15) is 0 Å². The number of anilines is 1. The number of hydrogen-bond acceptors (Lipinski definition) is 3. The van der Waals surface area contributed by atoms with E-state index in [4.69, 9.17) is 10.5 Å². The Bertz CT molecular complexity index is 558. The molecule has 4 nitrogen and oxygen atoms in total. The first-order chi connectivity index (χ1) is 8.49. The molecule has 96 valence electrons.